The molecule has 0 aliphatic carbocycles. The van der Waals surface area contributed by atoms with E-state index in [2.05, 4.69) is 15.8 Å². The van der Waals surface area contributed by atoms with Crippen molar-refractivity contribution < 1.29 is 13.7 Å². The number of carbonyl (C=O) groups excluding carboxylic acids is 1. The lowest BCUT2D eigenvalue weighted by Crippen LogP contribution is -2.31. The van der Waals surface area contributed by atoms with E-state index < -0.39 is 12.1 Å². The standard InChI is InChI=1S/C13H14FN3O2/c1-8-7-12(17-19-8)16-13(18)15-9(2)10-5-3-4-6-11(10)14/h3-7,9H,1-2H3,(H2,15,16,17,18). The van der Waals surface area contributed by atoms with Crippen LogP contribution in [-0.2, 0) is 0 Å². The van der Waals surface area contributed by atoms with Crippen LogP contribution in [0.5, 0.6) is 0 Å². The molecule has 0 saturated heterocycles. The molecule has 0 aliphatic heterocycles. The summed E-state index contributed by atoms with van der Waals surface area (Å²) in [5.41, 5.74) is 0.425. The number of aryl methyl sites for hydroxylation is 1. The second-order valence-electron chi connectivity index (χ2n) is 4.16. The van der Waals surface area contributed by atoms with Gasteiger partial charge in [0.15, 0.2) is 5.82 Å². The van der Waals surface area contributed by atoms with E-state index in [0.29, 0.717) is 17.1 Å². The number of rotatable bonds is 3. The van der Waals surface area contributed by atoms with Gasteiger partial charge < -0.3 is 9.84 Å². The highest BCUT2D eigenvalue weighted by molar-refractivity contribution is 5.88. The van der Waals surface area contributed by atoms with Gasteiger partial charge >= 0.3 is 6.03 Å². The van der Waals surface area contributed by atoms with E-state index in [9.17, 15) is 9.18 Å². The fraction of sp³-hybridized carbons (Fsp3) is 0.231. The summed E-state index contributed by atoms with van der Waals surface area (Å²) in [5.74, 6) is 0.556. The fourth-order valence-electron chi connectivity index (χ4n) is 1.68. The number of hydrogen-bond donors (Lipinski definition) is 2. The van der Waals surface area contributed by atoms with Crippen molar-refractivity contribution in [3.05, 3.63) is 47.5 Å². The molecule has 2 amide bonds. The number of benzene rings is 1. The highest BCUT2D eigenvalue weighted by Crippen LogP contribution is 2.16. The van der Waals surface area contributed by atoms with Gasteiger partial charge in [0.05, 0.1) is 6.04 Å². The smallest absolute Gasteiger partial charge is 0.320 e. The average molecular weight is 263 g/mol. The maximum atomic E-state index is 13.5. The second-order valence-corrected chi connectivity index (χ2v) is 4.16. The van der Waals surface area contributed by atoms with Crippen molar-refractivity contribution in [3.8, 4) is 0 Å². The number of aromatic nitrogens is 1. The molecule has 0 bridgehead atoms. The molecule has 1 atom stereocenters. The van der Waals surface area contributed by atoms with E-state index in [1.807, 2.05) is 0 Å². The zero-order valence-electron chi connectivity index (χ0n) is 10.6. The van der Waals surface area contributed by atoms with Crippen LogP contribution < -0.4 is 10.6 Å². The van der Waals surface area contributed by atoms with Crippen LogP contribution in [-0.4, -0.2) is 11.2 Å². The first kappa shape index (κ1) is 13.1. The van der Waals surface area contributed by atoms with Crippen LogP contribution in [0.4, 0.5) is 15.0 Å². The molecular formula is C13H14FN3O2. The number of carbonyl (C=O) groups is 1. The molecule has 1 unspecified atom stereocenters. The van der Waals surface area contributed by atoms with Crippen LogP contribution in [0.15, 0.2) is 34.9 Å². The highest BCUT2D eigenvalue weighted by Gasteiger charge is 2.13. The normalized spacial score (nSPS) is 11.9. The first-order valence-corrected chi connectivity index (χ1v) is 5.81. The Kier molecular flexibility index (Phi) is 3.79. The Balaban J connectivity index is 1.97. The van der Waals surface area contributed by atoms with E-state index in [1.165, 1.54) is 6.07 Å². The Labute approximate surface area is 109 Å². The summed E-state index contributed by atoms with van der Waals surface area (Å²) in [6.45, 7) is 3.42. The summed E-state index contributed by atoms with van der Waals surface area (Å²) in [6, 6.07) is 6.97. The van der Waals surface area contributed by atoms with Gasteiger partial charge in [0.25, 0.3) is 0 Å². The SMILES string of the molecule is Cc1cc(NC(=O)NC(C)c2ccccc2F)no1. The molecule has 2 aromatic rings. The molecule has 0 aliphatic rings. The van der Waals surface area contributed by atoms with Crippen molar-refractivity contribution in [2.24, 2.45) is 0 Å². The summed E-state index contributed by atoms with van der Waals surface area (Å²) in [4.78, 5) is 11.7. The van der Waals surface area contributed by atoms with Crippen molar-refractivity contribution in [1.29, 1.82) is 0 Å². The number of nitrogens with zero attached hydrogens (tertiary/aromatic N) is 1. The minimum atomic E-state index is -0.468. The molecular weight excluding hydrogens is 249 g/mol. The maximum absolute atomic E-state index is 13.5. The molecule has 19 heavy (non-hydrogen) atoms. The van der Waals surface area contributed by atoms with Crippen molar-refractivity contribution in [2.75, 3.05) is 5.32 Å². The Morgan fingerprint density at radius 3 is 2.79 bits per heavy atom. The van der Waals surface area contributed by atoms with Crippen LogP contribution in [0, 0.1) is 12.7 Å². The third kappa shape index (κ3) is 3.31. The summed E-state index contributed by atoms with van der Waals surface area (Å²) in [7, 11) is 0. The van der Waals surface area contributed by atoms with Gasteiger partial charge in [-0.25, -0.2) is 9.18 Å². The van der Waals surface area contributed by atoms with Crippen LogP contribution >= 0.6 is 0 Å². The maximum Gasteiger partial charge on any atom is 0.320 e. The minimum absolute atomic E-state index is 0.315. The van der Waals surface area contributed by atoms with Gasteiger partial charge in [0, 0.05) is 11.6 Å². The van der Waals surface area contributed by atoms with E-state index in [-0.39, 0.29) is 5.82 Å². The lowest BCUT2D eigenvalue weighted by atomic mass is 10.1. The molecule has 0 spiro atoms. The largest absolute Gasteiger partial charge is 0.360 e. The van der Waals surface area contributed by atoms with Gasteiger partial charge in [-0.3, -0.25) is 5.32 Å². The molecule has 100 valence electrons. The molecule has 1 aromatic carbocycles. The predicted molar refractivity (Wildman–Crippen MR) is 68.2 cm³/mol. The number of hydrogen-bond acceptors (Lipinski definition) is 3. The first-order chi connectivity index (χ1) is 9.06. The number of anilines is 1. The molecule has 5 nitrogen and oxygen atoms in total. The average Bonchev–Trinajstić information content (AvgIpc) is 2.74. The van der Waals surface area contributed by atoms with Crippen molar-refractivity contribution in [1.82, 2.24) is 10.5 Å². The summed E-state index contributed by atoms with van der Waals surface area (Å²) in [5, 5.41) is 8.76. The monoisotopic (exact) mass is 263 g/mol. The zero-order chi connectivity index (χ0) is 13.8. The van der Waals surface area contributed by atoms with E-state index >= 15 is 0 Å². The quantitative estimate of drug-likeness (QED) is 0.894. The van der Waals surface area contributed by atoms with Gasteiger partial charge in [0.1, 0.15) is 11.6 Å². The lowest BCUT2D eigenvalue weighted by Gasteiger charge is -2.14. The Morgan fingerprint density at radius 2 is 2.16 bits per heavy atom. The van der Waals surface area contributed by atoms with Crippen LogP contribution in [0.2, 0.25) is 0 Å². The molecule has 2 rings (SSSR count). The van der Waals surface area contributed by atoms with Gasteiger partial charge in [-0.15, -0.1) is 0 Å². The zero-order valence-corrected chi connectivity index (χ0v) is 10.6. The minimum Gasteiger partial charge on any atom is -0.360 e. The van der Waals surface area contributed by atoms with Gasteiger partial charge in [-0.1, -0.05) is 23.4 Å². The topological polar surface area (TPSA) is 67.2 Å². The predicted octanol–water partition coefficient (Wildman–Crippen LogP) is 3.00. The molecule has 1 heterocycles. The molecule has 6 heteroatoms. The number of amides is 2. The van der Waals surface area contributed by atoms with E-state index in [0.717, 1.165) is 0 Å². The molecule has 0 saturated carbocycles. The van der Waals surface area contributed by atoms with Crippen LogP contribution in [0.25, 0.3) is 0 Å². The Hall–Kier alpha value is -2.37. The summed E-state index contributed by atoms with van der Waals surface area (Å²) < 4.78 is 18.3. The van der Waals surface area contributed by atoms with Crippen LogP contribution in [0.1, 0.15) is 24.3 Å². The molecule has 1 aromatic heterocycles. The van der Waals surface area contributed by atoms with Crippen molar-refractivity contribution in [3.63, 3.8) is 0 Å². The molecule has 0 radical (unpaired) electrons. The highest BCUT2D eigenvalue weighted by atomic mass is 19.1. The van der Waals surface area contributed by atoms with Gasteiger partial charge in [0.2, 0.25) is 0 Å². The number of nitrogens with one attached hydrogen (secondary N) is 2. The van der Waals surface area contributed by atoms with Gasteiger partial charge in [-0.2, -0.15) is 0 Å². The Morgan fingerprint density at radius 1 is 1.42 bits per heavy atom. The third-order valence-corrected chi connectivity index (χ3v) is 2.59. The summed E-state index contributed by atoms with van der Waals surface area (Å²) >= 11 is 0. The summed E-state index contributed by atoms with van der Waals surface area (Å²) in [6.07, 6.45) is 0. The van der Waals surface area contributed by atoms with Crippen molar-refractivity contribution in [2.45, 2.75) is 19.9 Å². The number of halogens is 1. The first-order valence-electron chi connectivity index (χ1n) is 5.81. The second kappa shape index (κ2) is 5.51. The van der Waals surface area contributed by atoms with Crippen molar-refractivity contribution >= 4 is 11.8 Å². The number of urea groups is 1. The Bertz CT molecular complexity index is 583. The third-order valence-electron chi connectivity index (χ3n) is 2.59. The lowest BCUT2D eigenvalue weighted by molar-refractivity contribution is 0.249. The van der Waals surface area contributed by atoms with E-state index in [4.69, 9.17) is 4.52 Å². The van der Waals surface area contributed by atoms with E-state index in [1.54, 1.807) is 38.1 Å². The molecule has 0 fully saturated rings. The fourth-order valence-corrected chi connectivity index (χ4v) is 1.68. The molecule has 2 N–H and O–H groups in total. The van der Waals surface area contributed by atoms with Gasteiger partial charge in [-0.05, 0) is 19.9 Å². The van der Waals surface area contributed by atoms with Crippen LogP contribution in [0.3, 0.4) is 0 Å².